The number of carboxylic acid groups (broad SMARTS) is 1. The number of hydrogen-bond acceptors (Lipinski definition) is 3. The summed E-state index contributed by atoms with van der Waals surface area (Å²) in [5.74, 6) is -2.08. The maximum absolute atomic E-state index is 11.6. The maximum Gasteiger partial charge on any atom is 0.313 e. The zero-order valence-electron chi connectivity index (χ0n) is 14.7. The molecule has 0 aliphatic heterocycles. The number of allylic oxidation sites excluding steroid dienone is 2. The predicted molar refractivity (Wildman–Crippen MR) is 107 cm³/mol. The van der Waals surface area contributed by atoms with E-state index in [-0.39, 0.29) is 6.42 Å². The van der Waals surface area contributed by atoms with Gasteiger partial charge in [-0.05, 0) is 23.3 Å². The van der Waals surface area contributed by atoms with Crippen LogP contribution in [0.1, 0.15) is 23.7 Å². The molecule has 1 aliphatic rings. The molecule has 0 saturated carbocycles. The highest BCUT2D eigenvalue weighted by molar-refractivity contribution is 9.10. The predicted octanol–water partition coefficient (Wildman–Crippen LogP) is 4.66. The Morgan fingerprint density at radius 2 is 1.93 bits per heavy atom. The van der Waals surface area contributed by atoms with Gasteiger partial charge in [0, 0.05) is 10.9 Å². The van der Waals surface area contributed by atoms with E-state index in [1.54, 1.807) is 18.2 Å². The highest BCUT2D eigenvalue weighted by Crippen LogP contribution is 2.37. The molecule has 0 heterocycles. The van der Waals surface area contributed by atoms with E-state index in [0.29, 0.717) is 6.61 Å². The first-order valence-electron chi connectivity index (χ1n) is 8.70. The molecular weight excluding hydrogens is 408 g/mol. The Bertz CT molecular complexity index is 846. The summed E-state index contributed by atoms with van der Waals surface area (Å²) in [7, 11) is 0. The first-order valence-corrected chi connectivity index (χ1v) is 9.49. The lowest BCUT2D eigenvalue weighted by Gasteiger charge is -2.34. The van der Waals surface area contributed by atoms with Crippen molar-refractivity contribution in [3.63, 3.8) is 0 Å². The fourth-order valence-corrected chi connectivity index (χ4v) is 3.62. The third-order valence-corrected chi connectivity index (χ3v) is 5.12. The van der Waals surface area contributed by atoms with Crippen molar-refractivity contribution in [2.45, 2.75) is 24.7 Å². The van der Waals surface area contributed by atoms with Crippen LogP contribution < -0.4 is 0 Å². The number of carbonyl (C=O) groups is 1. The van der Waals surface area contributed by atoms with Gasteiger partial charge >= 0.3 is 5.97 Å². The normalized spacial score (nSPS) is 22.5. The van der Waals surface area contributed by atoms with E-state index in [9.17, 15) is 15.0 Å². The number of ether oxygens (including phenoxy) is 1. The number of benzene rings is 2. The van der Waals surface area contributed by atoms with Gasteiger partial charge in [0.15, 0.2) is 0 Å². The molecule has 0 aromatic heterocycles. The SMILES string of the molecule is O=C(O)C1C=CC=CC1(O)CC(OCc1ccccc1)c1cccc(Br)c1. The van der Waals surface area contributed by atoms with Crippen molar-refractivity contribution in [3.05, 3.63) is 94.5 Å². The summed E-state index contributed by atoms with van der Waals surface area (Å²) in [5.41, 5.74) is 0.365. The Balaban J connectivity index is 1.86. The quantitative estimate of drug-likeness (QED) is 0.672. The third kappa shape index (κ3) is 4.95. The first-order chi connectivity index (χ1) is 13.0. The molecule has 3 rings (SSSR count). The van der Waals surface area contributed by atoms with Crippen LogP contribution in [0.4, 0.5) is 0 Å². The summed E-state index contributed by atoms with van der Waals surface area (Å²) in [5, 5.41) is 20.6. The zero-order valence-corrected chi connectivity index (χ0v) is 16.2. The molecule has 2 aromatic rings. The largest absolute Gasteiger partial charge is 0.481 e. The molecule has 0 amide bonds. The van der Waals surface area contributed by atoms with Crippen LogP contribution in [-0.4, -0.2) is 21.8 Å². The summed E-state index contributed by atoms with van der Waals surface area (Å²) in [4.78, 5) is 11.6. The summed E-state index contributed by atoms with van der Waals surface area (Å²) in [6, 6.07) is 17.4. The van der Waals surface area contributed by atoms with Gasteiger partial charge in [0.2, 0.25) is 0 Å². The zero-order chi connectivity index (χ0) is 19.3. The lowest BCUT2D eigenvalue weighted by Crippen LogP contribution is -2.42. The standard InChI is InChI=1S/C22H21BrO4/c23-18-10-6-9-17(13-18)20(27-15-16-7-2-1-3-8-16)14-22(26)12-5-4-11-19(22)21(24)25/h1-13,19-20,26H,14-15H2,(H,24,25). The number of halogens is 1. The summed E-state index contributed by atoms with van der Waals surface area (Å²) in [6.45, 7) is 0.366. The molecular formula is C22H21BrO4. The molecule has 140 valence electrons. The molecule has 0 saturated heterocycles. The Morgan fingerprint density at radius 1 is 1.15 bits per heavy atom. The minimum atomic E-state index is -1.52. The molecule has 2 aromatic carbocycles. The van der Waals surface area contributed by atoms with Crippen molar-refractivity contribution in [3.8, 4) is 0 Å². The van der Waals surface area contributed by atoms with Crippen molar-refractivity contribution in [2.24, 2.45) is 5.92 Å². The summed E-state index contributed by atoms with van der Waals surface area (Å²) in [6.07, 6.45) is 6.04. The number of aliphatic hydroxyl groups is 1. The van der Waals surface area contributed by atoms with Crippen LogP contribution in [0.3, 0.4) is 0 Å². The smallest absolute Gasteiger partial charge is 0.313 e. The van der Waals surface area contributed by atoms with E-state index in [4.69, 9.17) is 4.74 Å². The van der Waals surface area contributed by atoms with Gasteiger partial charge in [-0.1, -0.05) is 82.7 Å². The van der Waals surface area contributed by atoms with E-state index in [1.807, 2.05) is 54.6 Å². The second kappa shape index (κ2) is 8.65. The molecule has 27 heavy (non-hydrogen) atoms. The van der Waals surface area contributed by atoms with Gasteiger partial charge in [-0.25, -0.2) is 0 Å². The summed E-state index contributed by atoms with van der Waals surface area (Å²) >= 11 is 3.46. The van der Waals surface area contributed by atoms with Crippen molar-refractivity contribution in [1.29, 1.82) is 0 Å². The molecule has 2 N–H and O–H groups in total. The second-order valence-corrected chi connectivity index (χ2v) is 7.51. The van der Waals surface area contributed by atoms with E-state index in [1.165, 1.54) is 6.08 Å². The number of hydrogen-bond donors (Lipinski definition) is 2. The molecule has 0 radical (unpaired) electrons. The van der Waals surface area contributed by atoms with Crippen LogP contribution in [-0.2, 0) is 16.1 Å². The van der Waals surface area contributed by atoms with E-state index >= 15 is 0 Å². The summed E-state index contributed by atoms with van der Waals surface area (Å²) < 4.78 is 7.03. The molecule has 1 aliphatic carbocycles. The van der Waals surface area contributed by atoms with E-state index < -0.39 is 23.6 Å². The van der Waals surface area contributed by atoms with E-state index in [0.717, 1.165) is 15.6 Å². The van der Waals surface area contributed by atoms with Gasteiger partial charge in [0.25, 0.3) is 0 Å². The van der Waals surface area contributed by atoms with Crippen LogP contribution in [0.2, 0.25) is 0 Å². The lowest BCUT2D eigenvalue weighted by atomic mass is 9.79. The average molecular weight is 429 g/mol. The van der Waals surface area contributed by atoms with Crippen molar-refractivity contribution >= 4 is 21.9 Å². The molecule has 3 unspecified atom stereocenters. The molecule has 0 fully saturated rings. The minimum absolute atomic E-state index is 0.133. The number of carboxylic acids is 1. The Morgan fingerprint density at radius 3 is 2.63 bits per heavy atom. The molecule has 3 atom stereocenters. The van der Waals surface area contributed by atoms with Crippen LogP contribution in [0.25, 0.3) is 0 Å². The Hall–Kier alpha value is -2.21. The van der Waals surface area contributed by atoms with Crippen LogP contribution in [0, 0.1) is 5.92 Å². The molecule has 5 heteroatoms. The lowest BCUT2D eigenvalue weighted by molar-refractivity contribution is -0.148. The van der Waals surface area contributed by atoms with Gasteiger partial charge in [-0.15, -0.1) is 0 Å². The fraction of sp³-hybridized carbons (Fsp3) is 0.227. The third-order valence-electron chi connectivity index (χ3n) is 4.63. The number of rotatable bonds is 7. The Kier molecular flexibility index (Phi) is 6.26. The second-order valence-electron chi connectivity index (χ2n) is 6.60. The van der Waals surface area contributed by atoms with Crippen molar-refractivity contribution < 1.29 is 19.7 Å². The minimum Gasteiger partial charge on any atom is -0.481 e. The molecule has 0 spiro atoms. The average Bonchev–Trinajstić information content (AvgIpc) is 2.66. The van der Waals surface area contributed by atoms with Crippen molar-refractivity contribution in [1.82, 2.24) is 0 Å². The van der Waals surface area contributed by atoms with Gasteiger partial charge < -0.3 is 14.9 Å². The first kappa shape index (κ1) is 19.5. The topological polar surface area (TPSA) is 66.8 Å². The molecule has 4 nitrogen and oxygen atoms in total. The van der Waals surface area contributed by atoms with Gasteiger partial charge in [-0.2, -0.15) is 0 Å². The van der Waals surface area contributed by atoms with Crippen LogP contribution in [0.5, 0.6) is 0 Å². The molecule has 0 bridgehead atoms. The highest BCUT2D eigenvalue weighted by atomic mass is 79.9. The Labute approximate surface area is 166 Å². The maximum atomic E-state index is 11.6. The van der Waals surface area contributed by atoms with Gasteiger partial charge in [0.1, 0.15) is 11.5 Å². The highest BCUT2D eigenvalue weighted by Gasteiger charge is 2.41. The van der Waals surface area contributed by atoms with Gasteiger partial charge in [-0.3, -0.25) is 4.79 Å². The van der Waals surface area contributed by atoms with Gasteiger partial charge in [0.05, 0.1) is 12.7 Å². The number of aliphatic carboxylic acids is 1. The van der Waals surface area contributed by atoms with Crippen molar-refractivity contribution in [2.75, 3.05) is 0 Å². The van der Waals surface area contributed by atoms with Crippen LogP contribution >= 0.6 is 15.9 Å². The monoisotopic (exact) mass is 428 g/mol. The van der Waals surface area contributed by atoms with Crippen LogP contribution in [0.15, 0.2) is 83.4 Å². The van der Waals surface area contributed by atoms with E-state index in [2.05, 4.69) is 15.9 Å². The fourth-order valence-electron chi connectivity index (χ4n) is 3.21.